The van der Waals surface area contributed by atoms with Crippen molar-refractivity contribution < 1.29 is 38.9 Å². The summed E-state index contributed by atoms with van der Waals surface area (Å²) in [6.45, 7) is 10.2. The number of alkyl carbamates (subject to hydrolysis) is 1. The summed E-state index contributed by atoms with van der Waals surface area (Å²) < 4.78 is 5.27. The van der Waals surface area contributed by atoms with Gasteiger partial charge in [0.25, 0.3) is 0 Å². The summed E-state index contributed by atoms with van der Waals surface area (Å²) in [5.74, 6) is -2.29. The number of aliphatic hydroxyl groups is 1. The van der Waals surface area contributed by atoms with Gasteiger partial charge in [-0.25, -0.2) is 9.78 Å². The molecule has 254 valence electrons. The quantitative estimate of drug-likeness (QED) is 0.119. The summed E-state index contributed by atoms with van der Waals surface area (Å²) in [7, 11) is 0. The number of benzene rings is 1. The zero-order chi connectivity index (χ0) is 34.4. The molecular formula is C30H45N7O8S. The van der Waals surface area contributed by atoms with Crippen LogP contribution in [-0.2, 0) is 36.9 Å². The Hall–Kier alpha value is -4.44. The van der Waals surface area contributed by atoms with Crippen molar-refractivity contribution in [2.45, 2.75) is 90.8 Å². The van der Waals surface area contributed by atoms with Gasteiger partial charge < -0.3 is 46.9 Å². The summed E-state index contributed by atoms with van der Waals surface area (Å²) in [6.07, 6.45) is 1.41. The van der Waals surface area contributed by atoms with Gasteiger partial charge in [0.05, 0.1) is 11.5 Å². The Bertz CT molecular complexity index is 1330. The summed E-state index contributed by atoms with van der Waals surface area (Å²) in [5.41, 5.74) is -0.170. The summed E-state index contributed by atoms with van der Waals surface area (Å²) in [5, 5.41) is 35.3. The highest BCUT2D eigenvalue weighted by Crippen LogP contribution is 2.17. The SMILES string of the molecule is C[C@H](NC(=O)[C@H](C)NC(=O)[C@H](C)NC(=O)[C@H](Cc1ccc(O)cc1)NC(=O)OC(C)(C)C)C(=O)NCCCNc1ncc(CO)s1. The number of hydrogen-bond donors (Lipinski definition) is 8. The van der Waals surface area contributed by atoms with Gasteiger partial charge in [0.1, 0.15) is 35.5 Å². The van der Waals surface area contributed by atoms with Crippen LogP contribution in [0.25, 0.3) is 0 Å². The number of carbonyl (C=O) groups excluding carboxylic acids is 5. The Labute approximate surface area is 272 Å². The number of hydrogen-bond acceptors (Lipinski definition) is 11. The Morgan fingerprint density at radius 1 is 0.848 bits per heavy atom. The predicted molar refractivity (Wildman–Crippen MR) is 172 cm³/mol. The molecule has 0 unspecified atom stereocenters. The van der Waals surface area contributed by atoms with Crippen molar-refractivity contribution in [2.75, 3.05) is 18.4 Å². The van der Waals surface area contributed by atoms with Crippen LogP contribution in [0.3, 0.4) is 0 Å². The van der Waals surface area contributed by atoms with Crippen molar-refractivity contribution in [3.05, 3.63) is 40.9 Å². The molecule has 0 saturated heterocycles. The standard InChI is InChI=1S/C30H45N7O8S/c1-17(24(40)31-12-7-13-32-28-33-15-22(16-38)46-28)34-25(41)18(2)35-26(42)19(3)36-27(43)23(37-29(44)45-30(4,5)6)14-20-8-10-21(39)11-9-20/h8-11,15,17-19,23,38-39H,7,12-14,16H2,1-6H3,(H,31,40)(H,32,33)(H,34,41)(H,35,42)(H,36,43)(H,37,44)/t17-,18-,19-,23-/m0/s1. The topological polar surface area (TPSA) is 220 Å². The van der Waals surface area contributed by atoms with Crippen LogP contribution < -0.4 is 31.9 Å². The molecule has 2 rings (SSSR count). The van der Waals surface area contributed by atoms with E-state index >= 15 is 0 Å². The van der Waals surface area contributed by atoms with E-state index in [1.165, 1.54) is 44.2 Å². The monoisotopic (exact) mass is 663 g/mol. The number of amides is 5. The number of aromatic nitrogens is 1. The molecule has 15 nitrogen and oxygen atoms in total. The second-order valence-electron chi connectivity index (χ2n) is 11.6. The second kappa shape index (κ2) is 17.9. The molecule has 0 spiro atoms. The third kappa shape index (κ3) is 13.7. The van der Waals surface area contributed by atoms with Crippen molar-refractivity contribution in [3.8, 4) is 5.75 Å². The smallest absolute Gasteiger partial charge is 0.408 e. The summed E-state index contributed by atoms with van der Waals surface area (Å²) in [6, 6.07) is 1.99. The molecule has 1 heterocycles. The van der Waals surface area contributed by atoms with Crippen LogP contribution in [-0.4, -0.2) is 87.8 Å². The molecule has 5 amide bonds. The van der Waals surface area contributed by atoms with E-state index in [9.17, 15) is 29.1 Å². The van der Waals surface area contributed by atoms with Crippen molar-refractivity contribution in [3.63, 3.8) is 0 Å². The van der Waals surface area contributed by atoms with Crippen LogP contribution in [0.4, 0.5) is 9.93 Å². The van der Waals surface area contributed by atoms with Gasteiger partial charge in [0.2, 0.25) is 23.6 Å². The van der Waals surface area contributed by atoms with Crippen LogP contribution in [0.15, 0.2) is 30.5 Å². The molecule has 46 heavy (non-hydrogen) atoms. The lowest BCUT2D eigenvalue weighted by Gasteiger charge is -2.25. The zero-order valence-corrected chi connectivity index (χ0v) is 27.7. The molecule has 4 atom stereocenters. The molecular weight excluding hydrogens is 618 g/mol. The second-order valence-corrected chi connectivity index (χ2v) is 12.7. The molecule has 0 fully saturated rings. The lowest BCUT2D eigenvalue weighted by molar-refractivity contribution is -0.133. The number of thiazole rings is 1. The van der Waals surface area contributed by atoms with Crippen molar-refractivity contribution in [2.24, 2.45) is 0 Å². The van der Waals surface area contributed by atoms with Crippen LogP contribution in [0.5, 0.6) is 5.75 Å². The molecule has 0 radical (unpaired) electrons. The van der Waals surface area contributed by atoms with E-state index in [-0.39, 0.29) is 18.8 Å². The number of phenolic OH excluding ortho intramolecular Hbond substituents is 1. The Morgan fingerprint density at radius 2 is 1.41 bits per heavy atom. The summed E-state index contributed by atoms with van der Waals surface area (Å²) >= 11 is 1.34. The fourth-order valence-corrected chi connectivity index (χ4v) is 4.52. The number of phenols is 1. The number of nitrogens with zero attached hydrogens (tertiary/aromatic N) is 1. The minimum atomic E-state index is -1.11. The Morgan fingerprint density at radius 3 is 1.96 bits per heavy atom. The molecule has 2 aromatic rings. The average Bonchev–Trinajstić information content (AvgIpc) is 3.44. The highest BCUT2D eigenvalue weighted by atomic mass is 32.1. The summed E-state index contributed by atoms with van der Waals surface area (Å²) in [4.78, 5) is 68.3. The lowest BCUT2D eigenvalue weighted by atomic mass is 10.0. The van der Waals surface area contributed by atoms with E-state index in [0.717, 1.165) is 4.88 Å². The van der Waals surface area contributed by atoms with Gasteiger partial charge in [0.15, 0.2) is 5.13 Å². The average molecular weight is 664 g/mol. The van der Waals surface area contributed by atoms with E-state index in [1.54, 1.807) is 39.1 Å². The molecule has 0 aliphatic heterocycles. The third-order valence-corrected chi connectivity index (χ3v) is 7.22. The van der Waals surface area contributed by atoms with Gasteiger partial charge in [0, 0.05) is 25.7 Å². The number of aromatic hydroxyl groups is 1. The molecule has 8 N–H and O–H groups in total. The molecule has 0 aliphatic carbocycles. The first-order valence-electron chi connectivity index (χ1n) is 14.8. The number of nitrogens with one attached hydrogen (secondary N) is 6. The first-order chi connectivity index (χ1) is 21.6. The molecule has 0 aliphatic rings. The maximum absolute atomic E-state index is 13.1. The third-order valence-electron chi connectivity index (χ3n) is 6.28. The zero-order valence-electron chi connectivity index (χ0n) is 26.9. The maximum atomic E-state index is 13.1. The van der Waals surface area contributed by atoms with E-state index in [4.69, 9.17) is 9.84 Å². The fourth-order valence-electron chi connectivity index (χ4n) is 3.82. The van der Waals surface area contributed by atoms with Crippen LogP contribution in [0.1, 0.15) is 58.4 Å². The van der Waals surface area contributed by atoms with Crippen molar-refractivity contribution in [1.82, 2.24) is 31.6 Å². The van der Waals surface area contributed by atoms with Crippen LogP contribution >= 0.6 is 11.3 Å². The number of rotatable bonds is 16. The van der Waals surface area contributed by atoms with E-state index in [1.807, 2.05) is 0 Å². The molecule has 16 heteroatoms. The van der Waals surface area contributed by atoms with Gasteiger partial charge >= 0.3 is 6.09 Å². The number of aliphatic hydroxyl groups excluding tert-OH is 1. The fraction of sp³-hybridized carbons (Fsp3) is 0.533. The van der Waals surface area contributed by atoms with E-state index < -0.39 is 59.5 Å². The molecule has 0 bridgehead atoms. The predicted octanol–water partition coefficient (Wildman–Crippen LogP) is 0.909. The Balaban J connectivity index is 1.83. The van der Waals surface area contributed by atoms with Crippen LogP contribution in [0.2, 0.25) is 0 Å². The lowest BCUT2D eigenvalue weighted by Crippen LogP contribution is -2.57. The van der Waals surface area contributed by atoms with Gasteiger partial charge in [-0.1, -0.05) is 23.5 Å². The minimum Gasteiger partial charge on any atom is -0.508 e. The van der Waals surface area contributed by atoms with Crippen LogP contribution in [0, 0.1) is 0 Å². The molecule has 1 aromatic heterocycles. The number of anilines is 1. The van der Waals surface area contributed by atoms with Crippen molar-refractivity contribution >= 4 is 46.2 Å². The first-order valence-corrected chi connectivity index (χ1v) is 15.6. The number of carbonyl (C=O) groups is 5. The maximum Gasteiger partial charge on any atom is 0.408 e. The Kier molecular flexibility index (Phi) is 14.7. The van der Waals surface area contributed by atoms with E-state index in [2.05, 4.69) is 36.9 Å². The van der Waals surface area contributed by atoms with Gasteiger partial charge in [-0.15, -0.1) is 0 Å². The highest BCUT2D eigenvalue weighted by Gasteiger charge is 2.28. The van der Waals surface area contributed by atoms with E-state index in [0.29, 0.717) is 30.2 Å². The minimum absolute atomic E-state index is 0.0401. The largest absolute Gasteiger partial charge is 0.508 e. The normalized spacial score (nSPS) is 13.7. The van der Waals surface area contributed by atoms with Gasteiger partial charge in [-0.3, -0.25) is 19.2 Å². The molecule has 0 saturated carbocycles. The van der Waals surface area contributed by atoms with Crippen molar-refractivity contribution in [1.29, 1.82) is 0 Å². The molecule has 1 aromatic carbocycles. The first kappa shape index (κ1) is 37.7. The number of ether oxygens (including phenoxy) is 1. The van der Waals surface area contributed by atoms with Gasteiger partial charge in [-0.2, -0.15) is 0 Å². The highest BCUT2D eigenvalue weighted by molar-refractivity contribution is 7.15. The van der Waals surface area contributed by atoms with Gasteiger partial charge in [-0.05, 0) is 65.7 Å².